The molecule has 1 aromatic carbocycles. The van der Waals surface area contributed by atoms with Crippen molar-refractivity contribution in [2.75, 3.05) is 13.1 Å². The number of halogens is 2. The summed E-state index contributed by atoms with van der Waals surface area (Å²) in [6, 6.07) is 4.84. The molecule has 19 heavy (non-hydrogen) atoms. The van der Waals surface area contributed by atoms with Crippen LogP contribution in [0.3, 0.4) is 0 Å². The molecule has 2 N–H and O–H groups in total. The molecule has 1 heterocycles. The number of sulfonamides is 1. The van der Waals surface area contributed by atoms with Gasteiger partial charge in [-0.05, 0) is 37.5 Å². The van der Waals surface area contributed by atoms with Crippen LogP contribution in [0.5, 0.6) is 0 Å². The molecule has 0 saturated carbocycles. The van der Waals surface area contributed by atoms with Gasteiger partial charge >= 0.3 is 0 Å². The minimum Gasteiger partial charge on any atom is -0.327 e. The number of rotatable bonds is 2. The Kier molecular flexibility index (Phi) is 5.65. The molecule has 1 atom stereocenters. The van der Waals surface area contributed by atoms with Crippen molar-refractivity contribution in [3.63, 3.8) is 0 Å². The zero-order valence-electron chi connectivity index (χ0n) is 10.7. The standard InChI is InChI=1S/C12H17ClN2O2S.ClH/c1-9-4-5-10(13)7-12(9)18(16,17)15-6-2-3-11(14)8-15;/h4-5,7,11H,2-3,6,8,14H2,1H3;1H/t11-;/m1./s1. The Labute approximate surface area is 125 Å². The second-order valence-electron chi connectivity index (χ2n) is 4.68. The highest BCUT2D eigenvalue weighted by molar-refractivity contribution is 7.89. The van der Waals surface area contributed by atoms with E-state index in [9.17, 15) is 8.42 Å². The minimum atomic E-state index is -3.48. The highest BCUT2D eigenvalue weighted by atomic mass is 35.5. The highest BCUT2D eigenvalue weighted by Gasteiger charge is 2.29. The quantitative estimate of drug-likeness (QED) is 0.906. The monoisotopic (exact) mass is 324 g/mol. The van der Waals surface area contributed by atoms with E-state index in [-0.39, 0.29) is 23.3 Å². The van der Waals surface area contributed by atoms with E-state index >= 15 is 0 Å². The number of aryl methyl sites for hydroxylation is 1. The Bertz CT molecular complexity index is 549. The van der Waals surface area contributed by atoms with Crippen LogP contribution in [0.4, 0.5) is 0 Å². The Balaban J connectivity index is 0.00000180. The Hall–Kier alpha value is -0.330. The molecule has 0 bridgehead atoms. The normalized spacial score (nSPS) is 20.9. The fourth-order valence-electron chi connectivity index (χ4n) is 2.18. The van der Waals surface area contributed by atoms with Gasteiger partial charge in [0.15, 0.2) is 0 Å². The number of nitrogens with two attached hydrogens (primary N) is 1. The average Bonchev–Trinajstić information content (AvgIpc) is 2.32. The van der Waals surface area contributed by atoms with Gasteiger partial charge in [0.05, 0.1) is 4.90 Å². The lowest BCUT2D eigenvalue weighted by atomic mass is 10.1. The molecule has 2 rings (SSSR count). The summed E-state index contributed by atoms with van der Waals surface area (Å²) in [5, 5.41) is 0.431. The van der Waals surface area contributed by atoms with Crippen molar-refractivity contribution in [2.45, 2.75) is 30.7 Å². The van der Waals surface area contributed by atoms with Crippen molar-refractivity contribution < 1.29 is 8.42 Å². The fraction of sp³-hybridized carbons (Fsp3) is 0.500. The smallest absolute Gasteiger partial charge is 0.243 e. The van der Waals surface area contributed by atoms with Crippen molar-refractivity contribution in [1.82, 2.24) is 4.31 Å². The third kappa shape index (κ3) is 3.61. The van der Waals surface area contributed by atoms with Crippen LogP contribution >= 0.6 is 24.0 Å². The zero-order chi connectivity index (χ0) is 13.3. The summed E-state index contributed by atoms with van der Waals surface area (Å²) < 4.78 is 26.5. The fourth-order valence-corrected chi connectivity index (χ4v) is 4.21. The van der Waals surface area contributed by atoms with Crippen molar-refractivity contribution in [1.29, 1.82) is 0 Å². The molecule has 1 aliphatic rings. The molecule has 0 aromatic heterocycles. The molecule has 108 valence electrons. The maximum atomic E-state index is 12.5. The minimum absolute atomic E-state index is 0. The second-order valence-corrected chi connectivity index (χ2v) is 7.02. The van der Waals surface area contributed by atoms with Crippen molar-refractivity contribution in [2.24, 2.45) is 5.73 Å². The molecule has 0 spiro atoms. The molecule has 0 aliphatic carbocycles. The topological polar surface area (TPSA) is 63.4 Å². The van der Waals surface area contributed by atoms with Crippen LogP contribution in [0.1, 0.15) is 18.4 Å². The van der Waals surface area contributed by atoms with E-state index < -0.39 is 10.0 Å². The zero-order valence-corrected chi connectivity index (χ0v) is 13.1. The van der Waals surface area contributed by atoms with Crippen LogP contribution in [-0.4, -0.2) is 31.9 Å². The Morgan fingerprint density at radius 3 is 2.74 bits per heavy atom. The first-order chi connectivity index (χ1) is 8.41. The number of benzene rings is 1. The predicted octanol–water partition coefficient (Wildman–Crippen LogP) is 2.18. The second kappa shape index (κ2) is 6.41. The largest absolute Gasteiger partial charge is 0.327 e. The van der Waals surface area contributed by atoms with E-state index in [0.717, 1.165) is 12.8 Å². The lowest BCUT2D eigenvalue weighted by Crippen LogP contribution is -2.45. The first-order valence-corrected chi connectivity index (χ1v) is 7.75. The lowest BCUT2D eigenvalue weighted by molar-refractivity contribution is 0.316. The summed E-state index contributed by atoms with van der Waals surface area (Å²) in [6.07, 6.45) is 1.68. The van der Waals surface area contributed by atoms with Crippen molar-refractivity contribution in [3.8, 4) is 0 Å². The number of hydrogen-bond acceptors (Lipinski definition) is 3. The van der Waals surface area contributed by atoms with E-state index in [0.29, 0.717) is 23.7 Å². The van der Waals surface area contributed by atoms with Gasteiger partial charge in [0.25, 0.3) is 0 Å². The summed E-state index contributed by atoms with van der Waals surface area (Å²) in [7, 11) is -3.48. The number of piperidine rings is 1. The molecule has 1 aromatic rings. The van der Waals surface area contributed by atoms with Gasteiger partial charge in [-0.3, -0.25) is 0 Å². The van der Waals surface area contributed by atoms with Crippen LogP contribution in [0.2, 0.25) is 5.02 Å². The van der Waals surface area contributed by atoms with Gasteiger partial charge in [-0.2, -0.15) is 4.31 Å². The van der Waals surface area contributed by atoms with E-state index in [4.69, 9.17) is 17.3 Å². The molecule has 7 heteroatoms. The first kappa shape index (κ1) is 16.7. The van der Waals surface area contributed by atoms with Crippen LogP contribution in [-0.2, 0) is 10.0 Å². The maximum Gasteiger partial charge on any atom is 0.243 e. The molecule has 1 aliphatic heterocycles. The summed E-state index contributed by atoms with van der Waals surface area (Å²) in [5.74, 6) is 0. The van der Waals surface area contributed by atoms with Gasteiger partial charge in [-0.25, -0.2) is 8.42 Å². The summed E-state index contributed by atoms with van der Waals surface area (Å²) in [4.78, 5) is 0.282. The molecule has 1 fully saturated rings. The van der Waals surface area contributed by atoms with Crippen molar-refractivity contribution >= 4 is 34.0 Å². The lowest BCUT2D eigenvalue weighted by Gasteiger charge is -2.30. The first-order valence-electron chi connectivity index (χ1n) is 5.93. The van der Waals surface area contributed by atoms with Gasteiger partial charge < -0.3 is 5.73 Å². The van der Waals surface area contributed by atoms with Crippen LogP contribution in [0.25, 0.3) is 0 Å². The summed E-state index contributed by atoms with van der Waals surface area (Å²) >= 11 is 5.88. The van der Waals surface area contributed by atoms with Gasteiger partial charge in [0, 0.05) is 24.2 Å². The third-order valence-electron chi connectivity index (χ3n) is 3.19. The van der Waals surface area contributed by atoms with Crippen LogP contribution < -0.4 is 5.73 Å². The third-order valence-corrected chi connectivity index (χ3v) is 5.43. The van der Waals surface area contributed by atoms with E-state index in [1.165, 1.54) is 10.4 Å². The molecular formula is C12H18Cl2N2O2S. The van der Waals surface area contributed by atoms with Gasteiger partial charge in [0.1, 0.15) is 0 Å². The number of hydrogen-bond donors (Lipinski definition) is 1. The average molecular weight is 325 g/mol. The van der Waals surface area contributed by atoms with Crippen LogP contribution in [0, 0.1) is 6.92 Å². The highest BCUT2D eigenvalue weighted by Crippen LogP contribution is 2.25. The molecule has 4 nitrogen and oxygen atoms in total. The predicted molar refractivity (Wildman–Crippen MR) is 79.4 cm³/mol. The van der Waals surface area contributed by atoms with Crippen molar-refractivity contribution in [3.05, 3.63) is 28.8 Å². The van der Waals surface area contributed by atoms with Gasteiger partial charge in [-0.1, -0.05) is 17.7 Å². The SMILES string of the molecule is Cc1ccc(Cl)cc1S(=O)(=O)N1CCC[C@@H](N)C1.Cl. The van der Waals surface area contributed by atoms with E-state index in [1.807, 2.05) is 0 Å². The number of nitrogens with zero attached hydrogens (tertiary/aromatic N) is 1. The molecule has 0 unspecified atom stereocenters. The van der Waals surface area contributed by atoms with Gasteiger partial charge in [-0.15, -0.1) is 12.4 Å². The molecule has 0 amide bonds. The Morgan fingerprint density at radius 1 is 1.42 bits per heavy atom. The van der Waals surface area contributed by atoms with Gasteiger partial charge in [0.2, 0.25) is 10.0 Å². The summed E-state index contributed by atoms with van der Waals surface area (Å²) in [5.41, 5.74) is 6.54. The molecular weight excluding hydrogens is 307 g/mol. The van der Waals surface area contributed by atoms with E-state index in [2.05, 4.69) is 0 Å². The summed E-state index contributed by atoms with van der Waals surface area (Å²) in [6.45, 7) is 2.68. The van der Waals surface area contributed by atoms with Crippen LogP contribution in [0.15, 0.2) is 23.1 Å². The Morgan fingerprint density at radius 2 is 2.11 bits per heavy atom. The van der Waals surface area contributed by atoms with E-state index in [1.54, 1.807) is 19.1 Å². The maximum absolute atomic E-state index is 12.5. The molecule has 0 radical (unpaired) electrons. The molecule has 1 saturated heterocycles.